The highest BCUT2D eigenvalue weighted by Gasteiger charge is 2.29. The van der Waals surface area contributed by atoms with Crippen molar-refractivity contribution in [1.29, 1.82) is 0 Å². The fourth-order valence-electron chi connectivity index (χ4n) is 3.62. The van der Waals surface area contributed by atoms with Crippen molar-refractivity contribution >= 4 is 33.2 Å². The molecule has 0 saturated carbocycles. The predicted molar refractivity (Wildman–Crippen MR) is 130 cm³/mol. The van der Waals surface area contributed by atoms with Crippen LogP contribution in [0, 0.1) is 20.8 Å². The van der Waals surface area contributed by atoms with E-state index in [1.165, 1.54) is 17.7 Å². The Hall–Kier alpha value is -2.83. The second-order valence-electron chi connectivity index (χ2n) is 7.86. The molecule has 3 aromatic carbocycles. The zero-order valence-electron chi connectivity index (χ0n) is 18.6. The Morgan fingerprint density at radius 1 is 0.938 bits per heavy atom. The number of para-hydroxylation sites is 1. The van der Waals surface area contributed by atoms with Gasteiger partial charge in [0, 0.05) is 0 Å². The van der Waals surface area contributed by atoms with Crippen LogP contribution in [0.1, 0.15) is 35.2 Å². The van der Waals surface area contributed by atoms with Gasteiger partial charge in [-0.1, -0.05) is 54.1 Å². The molecule has 7 heteroatoms. The van der Waals surface area contributed by atoms with Gasteiger partial charge in [-0.3, -0.25) is 9.10 Å². The van der Waals surface area contributed by atoms with Gasteiger partial charge in [0.25, 0.3) is 10.0 Å². The molecule has 0 spiro atoms. The molecule has 0 radical (unpaired) electrons. The molecule has 1 amide bonds. The number of hydrogen-bond donors (Lipinski definition) is 1. The van der Waals surface area contributed by atoms with Crippen molar-refractivity contribution in [2.75, 3.05) is 10.8 Å². The summed E-state index contributed by atoms with van der Waals surface area (Å²) in [5, 5.41) is 3.19. The van der Waals surface area contributed by atoms with Crippen LogP contribution in [-0.4, -0.2) is 20.9 Å². The second kappa shape index (κ2) is 9.76. The third-order valence-electron chi connectivity index (χ3n) is 5.47. The van der Waals surface area contributed by atoms with Gasteiger partial charge in [-0.25, -0.2) is 8.42 Å². The average molecular weight is 471 g/mol. The lowest BCUT2D eigenvalue weighted by Gasteiger charge is -2.26. The maximum atomic E-state index is 13.4. The number of aryl methyl sites for hydroxylation is 3. The second-order valence-corrected chi connectivity index (χ2v) is 10.1. The third kappa shape index (κ3) is 5.14. The molecule has 168 valence electrons. The SMILES string of the molecule is Cc1cc(C)c(C(C)NC(=O)CN(c2ccccc2Cl)S(=O)(=O)c2ccccc2)cc1C. The summed E-state index contributed by atoms with van der Waals surface area (Å²) in [7, 11) is -4.00. The Labute approximate surface area is 195 Å². The summed E-state index contributed by atoms with van der Waals surface area (Å²) in [5.41, 5.74) is 4.64. The maximum absolute atomic E-state index is 13.4. The van der Waals surface area contributed by atoms with Gasteiger partial charge in [0.05, 0.1) is 21.6 Å². The van der Waals surface area contributed by atoms with E-state index in [4.69, 9.17) is 11.6 Å². The van der Waals surface area contributed by atoms with Gasteiger partial charge in [-0.15, -0.1) is 0 Å². The Bertz CT molecular complexity index is 1230. The first-order valence-electron chi connectivity index (χ1n) is 10.3. The minimum Gasteiger partial charge on any atom is -0.348 e. The van der Waals surface area contributed by atoms with E-state index < -0.39 is 22.5 Å². The van der Waals surface area contributed by atoms with E-state index in [0.717, 1.165) is 21.0 Å². The molecule has 1 unspecified atom stereocenters. The lowest BCUT2D eigenvalue weighted by atomic mass is 9.96. The monoisotopic (exact) mass is 470 g/mol. The average Bonchev–Trinajstić information content (AvgIpc) is 2.75. The fraction of sp³-hybridized carbons (Fsp3) is 0.240. The zero-order chi connectivity index (χ0) is 23.5. The summed E-state index contributed by atoms with van der Waals surface area (Å²) >= 11 is 6.31. The zero-order valence-corrected chi connectivity index (χ0v) is 20.2. The molecule has 0 saturated heterocycles. The molecule has 1 atom stereocenters. The maximum Gasteiger partial charge on any atom is 0.264 e. The van der Waals surface area contributed by atoms with Gasteiger partial charge in [0.1, 0.15) is 6.54 Å². The summed E-state index contributed by atoms with van der Waals surface area (Å²) in [4.78, 5) is 13.1. The summed E-state index contributed by atoms with van der Waals surface area (Å²) in [6, 6.07) is 18.5. The standard InChI is InChI=1S/C25H27ClN2O3S/c1-17-14-19(3)22(15-18(17)2)20(4)27-25(29)16-28(24-13-9-8-12-23(24)26)32(30,31)21-10-6-5-7-11-21/h5-15,20H,16H2,1-4H3,(H,27,29). The minimum absolute atomic E-state index is 0.0887. The van der Waals surface area contributed by atoms with Crippen LogP contribution in [0.4, 0.5) is 5.69 Å². The quantitative estimate of drug-likeness (QED) is 0.507. The molecule has 0 aromatic heterocycles. The number of amides is 1. The highest BCUT2D eigenvalue weighted by Crippen LogP contribution is 2.30. The number of benzene rings is 3. The molecular weight excluding hydrogens is 444 g/mol. The van der Waals surface area contributed by atoms with Gasteiger partial charge < -0.3 is 5.32 Å². The fourth-order valence-corrected chi connectivity index (χ4v) is 5.37. The van der Waals surface area contributed by atoms with Gasteiger partial charge in [0.2, 0.25) is 5.91 Å². The van der Waals surface area contributed by atoms with Crippen LogP contribution in [0.25, 0.3) is 0 Å². The Morgan fingerprint density at radius 2 is 1.53 bits per heavy atom. The van der Waals surface area contributed by atoms with Crippen LogP contribution in [0.2, 0.25) is 5.02 Å². The number of hydrogen-bond acceptors (Lipinski definition) is 3. The van der Waals surface area contributed by atoms with E-state index in [-0.39, 0.29) is 21.6 Å². The summed E-state index contributed by atoms with van der Waals surface area (Å²) in [6.07, 6.45) is 0. The van der Waals surface area contributed by atoms with E-state index in [0.29, 0.717) is 0 Å². The minimum atomic E-state index is -4.00. The number of carbonyl (C=O) groups excluding carboxylic acids is 1. The number of nitrogens with zero attached hydrogens (tertiary/aromatic N) is 1. The summed E-state index contributed by atoms with van der Waals surface area (Å²) in [5.74, 6) is -0.422. The smallest absolute Gasteiger partial charge is 0.264 e. The molecule has 1 N–H and O–H groups in total. The van der Waals surface area contributed by atoms with E-state index in [1.807, 2.05) is 27.7 Å². The molecule has 5 nitrogen and oxygen atoms in total. The predicted octanol–water partition coefficient (Wildman–Crippen LogP) is 5.34. The van der Waals surface area contributed by atoms with E-state index in [2.05, 4.69) is 17.4 Å². The number of anilines is 1. The van der Waals surface area contributed by atoms with Crippen LogP contribution < -0.4 is 9.62 Å². The van der Waals surface area contributed by atoms with Crippen molar-refractivity contribution < 1.29 is 13.2 Å². The highest BCUT2D eigenvalue weighted by molar-refractivity contribution is 7.92. The van der Waals surface area contributed by atoms with E-state index in [9.17, 15) is 13.2 Å². The number of carbonyl (C=O) groups is 1. The van der Waals surface area contributed by atoms with Crippen molar-refractivity contribution in [1.82, 2.24) is 5.32 Å². The molecule has 0 heterocycles. The molecular formula is C25H27ClN2O3S. The van der Waals surface area contributed by atoms with E-state index in [1.54, 1.807) is 42.5 Å². The molecule has 0 aliphatic rings. The van der Waals surface area contributed by atoms with E-state index >= 15 is 0 Å². The van der Waals surface area contributed by atoms with Crippen molar-refractivity contribution in [3.63, 3.8) is 0 Å². The number of nitrogens with one attached hydrogen (secondary N) is 1. The topological polar surface area (TPSA) is 66.5 Å². The van der Waals surface area contributed by atoms with Crippen LogP contribution in [0.5, 0.6) is 0 Å². The van der Waals surface area contributed by atoms with Crippen LogP contribution in [0.15, 0.2) is 71.6 Å². The first-order chi connectivity index (χ1) is 15.1. The Kier molecular flexibility index (Phi) is 7.26. The summed E-state index contributed by atoms with van der Waals surface area (Å²) in [6.45, 7) is 7.57. The molecule has 0 aliphatic carbocycles. The molecule has 0 fully saturated rings. The number of rotatable bonds is 7. The van der Waals surface area contributed by atoms with Crippen LogP contribution in [-0.2, 0) is 14.8 Å². The highest BCUT2D eigenvalue weighted by atomic mass is 35.5. The van der Waals surface area contributed by atoms with Crippen molar-refractivity contribution in [3.05, 3.63) is 94.0 Å². The van der Waals surface area contributed by atoms with Gasteiger partial charge in [-0.05, 0) is 74.2 Å². The molecule has 32 heavy (non-hydrogen) atoms. The van der Waals surface area contributed by atoms with Crippen LogP contribution in [0.3, 0.4) is 0 Å². The lowest BCUT2D eigenvalue weighted by Crippen LogP contribution is -2.41. The third-order valence-corrected chi connectivity index (χ3v) is 7.56. The first-order valence-corrected chi connectivity index (χ1v) is 12.1. The Morgan fingerprint density at radius 3 is 2.19 bits per heavy atom. The van der Waals surface area contributed by atoms with Crippen molar-refractivity contribution in [2.24, 2.45) is 0 Å². The largest absolute Gasteiger partial charge is 0.348 e. The molecule has 0 aliphatic heterocycles. The van der Waals surface area contributed by atoms with Crippen molar-refractivity contribution in [2.45, 2.75) is 38.6 Å². The molecule has 0 bridgehead atoms. The normalized spacial score (nSPS) is 12.3. The van der Waals surface area contributed by atoms with Crippen molar-refractivity contribution in [3.8, 4) is 0 Å². The Balaban J connectivity index is 1.91. The van der Waals surface area contributed by atoms with Gasteiger partial charge in [0.15, 0.2) is 0 Å². The number of halogens is 1. The van der Waals surface area contributed by atoms with Gasteiger partial charge >= 0.3 is 0 Å². The summed E-state index contributed by atoms with van der Waals surface area (Å²) < 4.78 is 27.9. The first kappa shape index (κ1) is 23.8. The molecule has 3 aromatic rings. The number of sulfonamides is 1. The van der Waals surface area contributed by atoms with Crippen LogP contribution >= 0.6 is 11.6 Å². The van der Waals surface area contributed by atoms with Gasteiger partial charge in [-0.2, -0.15) is 0 Å². The molecule has 3 rings (SSSR count). The lowest BCUT2D eigenvalue weighted by molar-refractivity contribution is -0.120.